The number of carbonyl (C=O) groups is 1. The lowest BCUT2D eigenvalue weighted by molar-refractivity contribution is 0.0279. The monoisotopic (exact) mass is 555 g/mol. The van der Waals surface area contributed by atoms with Gasteiger partial charge in [0.15, 0.2) is 5.96 Å². The van der Waals surface area contributed by atoms with Gasteiger partial charge in [0.25, 0.3) is 0 Å². The van der Waals surface area contributed by atoms with E-state index >= 15 is 0 Å². The fourth-order valence-corrected chi connectivity index (χ4v) is 3.43. The smallest absolute Gasteiger partial charge is 0.410 e. The molecule has 1 heterocycles. The normalized spacial score (nSPS) is 16.9. The maximum atomic E-state index is 12.1. The SMILES string of the molecule is CCNC(=NCC(C)CN(C)C(=O)OC(C)(C)C)NC1CCN(CCCOC)CC1.I. The highest BCUT2D eigenvalue weighted by Gasteiger charge is 2.22. The highest BCUT2D eigenvalue weighted by molar-refractivity contribution is 14.0. The van der Waals surface area contributed by atoms with Gasteiger partial charge in [0.1, 0.15) is 5.60 Å². The number of methoxy groups -OCH3 is 1. The van der Waals surface area contributed by atoms with Gasteiger partial charge in [-0.25, -0.2) is 4.79 Å². The molecule has 184 valence electrons. The van der Waals surface area contributed by atoms with Crippen LogP contribution in [0.4, 0.5) is 4.79 Å². The van der Waals surface area contributed by atoms with E-state index in [1.807, 2.05) is 20.8 Å². The lowest BCUT2D eigenvalue weighted by Gasteiger charge is -2.33. The number of carbonyl (C=O) groups excluding carboxylic acids is 1. The summed E-state index contributed by atoms with van der Waals surface area (Å²) in [7, 11) is 3.53. The van der Waals surface area contributed by atoms with Crippen LogP contribution in [0.15, 0.2) is 4.99 Å². The second-order valence-corrected chi connectivity index (χ2v) is 9.29. The number of nitrogens with zero attached hydrogens (tertiary/aromatic N) is 3. The van der Waals surface area contributed by atoms with Crippen molar-refractivity contribution >= 4 is 36.0 Å². The maximum absolute atomic E-state index is 12.1. The van der Waals surface area contributed by atoms with E-state index in [0.29, 0.717) is 19.1 Å². The predicted molar refractivity (Wildman–Crippen MR) is 139 cm³/mol. The number of rotatable bonds is 10. The predicted octanol–water partition coefficient (Wildman–Crippen LogP) is 3.16. The molecule has 1 fully saturated rings. The molecule has 0 spiro atoms. The average molecular weight is 556 g/mol. The van der Waals surface area contributed by atoms with Crippen LogP contribution in [0.1, 0.15) is 53.9 Å². The molecule has 0 aromatic rings. The van der Waals surface area contributed by atoms with Crippen molar-refractivity contribution in [3.05, 3.63) is 0 Å². The Morgan fingerprint density at radius 3 is 2.48 bits per heavy atom. The molecule has 1 rings (SSSR count). The molecule has 0 aliphatic carbocycles. The number of aliphatic imine (C=N–C) groups is 1. The summed E-state index contributed by atoms with van der Waals surface area (Å²) in [5.41, 5.74) is -0.478. The van der Waals surface area contributed by atoms with Crippen LogP contribution >= 0.6 is 24.0 Å². The molecular formula is C22H46IN5O3. The first kappa shape index (κ1) is 30.2. The van der Waals surface area contributed by atoms with E-state index in [1.165, 1.54) is 0 Å². The number of ether oxygens (including phenoxy) is 2. The van der Waals surface area contributed by atoms with Crippen molar-refractivity contribution in [3.8, 4) is 0 Å². The number of piperidine rings is 1. The molecule has 0 aromatic heterocycles. The van der Waals surface area contributed by atoms with Crippen LogP contribution in [0.25, 0.3) is 0 Å². The molecule has 1 amide bonds. The summed E-state index contributed by atoms with van der Waals surface area (Å²) < 4.78 is 10.6. The van der Waals surface area contributed by atoms with E-state index < -0.39 is 5.60 Å². The van der Waals surface area contributed by atoms with E-state index in [9.17, 15) is 4.79 Å². The summed E-state index contributed by atoms with van der Waals surface area (Å²) in [4.78, 5) is 21.0. The van der Waals surface area contributed by atoms with Crippen LogP contribution < -0.4 is 10.6 Å². The number of likely N-dealkylation sites (tertiary alicyclic amines) is 1. The van der Waals surface area contributed by atoms with Gasteiger partial charge in [0, 0.05) is 66.1 Å². The summed E-state index contributed by atoms with van der Waals surface area (Å²) in [6.45, 7) is 16.1. The van der Waals surface area contributed by atoms with E-state index in [1.54, 1.807) is 19.1 Å². The van der Waals surface area contributed by atoms with Crippen molar-refractivity contribution in [1.82, 2.24) is 20.4 Å². The van der Waals surface area contributed by atoms with Crippen molar-refractivity contribution in [1.29, 1.82) is 0 Å². The summed E-state index contributed by atoms with van der Waals surface area (Å²) >= 11 is 0. The Labute approximate surface area is 206 Å². The second-order valence-electron chi connectivity index (χ2n) is 9.29. The first-order valence-electron chi connectivity index (χ1n) is 11.3. The Kier molecular flexibility index (Phi) is 15.5. The van der Waals surface area contributed by atoms with Crippen LogP contribution in [0.2, 0.25) is 0 Å². The van der Waals surface area contributed by atoms with Gasteiger partial charge < -0.3 is 29.9 Å². The van der Waals surface area contributed by atoms with Gasteiger partial charge in [0.2, 0.25) is 0 Å². The van der Waals surface area contributed by atoms with Crippen LogP contribution in [-0.2, 0) is 9.47 Å². The molecule has 1 atom stereocenters. The minimum atomic E-state index is -0.478. The maximum Gasteiger partial charge on any atom is 0.410 e. The van der Waals surface area contributed by atoms with E-state index in [2.05, 4.69) is 29.4 Å². The number of hydrogen-bond acceptors (Lipinski definition) is 5. The fourth-order valence-electron chi connectivity index (χ4n) is 3.43. The molecule has 2 N–H and O–H groups in total. The fraction of sp³-hybridized carbons (Fsp3) is 0.909. The standard InChI is InChI=1S/C22H45N5O3.HI/c1-8-23-20(25-19-10-13-27(14-11-19)12-9-15-29-7)24-16-18(2)17-26(6)21(28)30-22(3,4)5;/h18-19H,8-17H2,1-7H3,(H2,23,24,25);1H. The zero-order valence-electron chi connectivity index (χ0n) is 20.7. The Morgan fingerprint density at radius 2 is 1.94 bits per heavy atom. The molecule has 1 aliphatic heterocycles. The zero-order chi connectivity index (χ0) is 22.6. The lowest BCUT2D eigenvalue weighted by atomic mass is 10.1. The van der Waals surface area contributed by atoms with Gasteiger partial charge >= 0.3 is 6.09 Å². The summed E-state index contributed by atoms with van der Waals surface area (Å²) in [6, 6.07) is 0.446. The molecular weight excluding hydrogens is 509 g/mol. The Bertz CT molecular complexity index is 520. The number of halogens is 1. The van der Waals surface area contributed by atoms with Gasteiger partial charge in [-0.1, -0.05) is 6.92 Å². The quantitative estimate of drug-likeness (QED) is 0.187. The minimum Gasteiger partial charge on any atom is -0.444 e. The molecule has 9 heteroatoms. The molecule has 1 unspecified atom stereocenters. The van der Waals surface area contributed by atoms with E-state index in [0.717, 1.165) is 58.0 Å². The Hall–Kier alpha value is -0.810. The Morgan fingerprint density at radius 1 is 1.29 bits per heavy atom. The molecule has 0 bridgehead atoms. The van der Waals surface area contributed by atoms with Gasteiger partial charge in [-0.15, -0.1) is 24.0 Å². The van der Waals surface area contributed by atoms with Crippen molar-refractivity contribution in [2.24, 2.45) is 10.9 Å². The van der Waals surface area contributed by atoms with E-state index in [-0.39, 0.29) is 36.0 Å². The summed E-state index contributed by atoms with van der Waals surface area (Å²) in [5.74, 6) is 1.10. The van der Waals surface area contributed by atoms with E-state index in [4.69, 9.17) is 14.5 Å². The first-order chi connectivity index (χ1) is 14.1. The number of amides is 1. The Balaban J connectivity index is 0.00000900. The first-order valence-corrected chi connectivity index (χ1v) is 11.3. The van der Waals surface area contributed by atoms with Gasteiger partial charge in [-0.2, -0.15) is 0 Å². The lowest BCUT2D eigenvalue weighted by Crippen LogP contribution is -2.49. The molecule has 0 radical (unpaired) electrons. The largest absolute Gasteiger partial charge is 0.444 e. The molecule has 0 saturated carbocycles. The van der Waals surface area contributed by atoms with Crippen molar-refractivity contribution in [3.63, 3.8) is 0 Å². The average Bonchev–Trinajstić information content (AvgIpc) is 2.66. The number of hydrogen-bond donors (Lipinski definition) is 2. The third kappa shape index (κ3) is 14.1. The van der Waals surface area contributed by atoms with Gasteiger partial charge in [-0.3, -0.25) is 4.99 Å². The summed E-state index contributed by atoms with van der Waals surface area (Å²) in [5, 5.41) is 6.94. The molecule has 0 aromatic carbocycles. The minimum absolute atomic E-state index is 0. The van der Waals surface area contributed by atoms with Crippen LogP contribution in [0.3, 0.4) is 0 Å². The van der Waals surface area contributed by atoms with Crippen LogP contribution in [0.5, 0.6) is 0 Å². The highest BCUT2D eigenvalue weighted by atomic mass is 127. The third-order valence-corrected chi connectivity index (χ3v) is 4.95. The summed E-state index contributed by atoms with van der Waals surface area (Å²) in [6.07, 6.45) is 3.04. The second kappa shape index (κ2) is 15.9. The van der Waals surface area contributed by atoms with Gasteiger partial charge in [0.05, 0.1) is 0 Å². The zero-order valence-corrected chi connectivity index (χ0v) is 23.0. The van der Waals surface area contributed by atoms with Crippen molar-refractivity contribution in [2.75, 3.05) is 60.0 Å². The molecule has 31 heavy (non-hydrogen) atoms. The number of nitrogens with one attached hydrogen (secondary N) is 2. The van der Waals surface area contributed by atoms with Crippen LogP contribution in [-0.4, -0.2) is 93.5 Å². The number of guanidine groups is 1. The molecule has 1 aliphatic rings. The van der Waals surface area contributed by atoms with Gasteiger partial charge in [-0.05, 0) is 52.9 Å². The molecule has 8 nitrogen and oxygen atoms in total. The van der Waals surface area contributed by atoms with Crippen molar-refractivity contribution < 1.29 is 14.3 Å². The third-order valence-electron chi connectivity index (χ3n) is 4.95. The highest BCUT2D eigenvalue weighted by Crippen LogP contribution is 2.12. The topological polar surface area (TPSA) is 78.4 Å². The van der Waals surface area contributed by atoms with Crippen molar-refractivity contribution in [2.45, 2.75) is 65.5 Å². The molecule has 1 saturated heterocycles. The van der Waals surface area contributed by atoms with Crippen LogP contribution in [0, 0.1) is 5.92 Å².